The molecule has 2 aliphatic heterocycles. The average molecular weight is 231 g/mol. The summed E-state index contributed by atoms with van der Waals surface area (Å²) in [5.74, 6) is 0. The quantitative estimate of drug-likeness (QED) is 0.812. The summed E-state index contributed by atoms with van der Waals surface area (Å²) < 4.78 is 0. The van der Waals surface area contributed by atoms with E-state index in [2.05, 4.69) is 28.4 Å². The van der Waals surface area contributed by atoms with E-state index in [9.17, 15) is 0 Å². The molecule has 0 aromatic heterocycles. The number of rotatable bonds is 2. The topological polar surface area (TPSA) is 41.3 Å². The van der Waals surface area contributed by atoms with Crippen molar-refractivity contribution in [2.75, 3.05) is 25.0 Å². The first-order valence-corrected chi connectivity index (χ1v) is 6.65. The number of likely N-dealkylation sites (tertiary alicyclic amines) is 1. The van der Waals surface area contributed by atoms with Gasteiger partial charge in [-0.3, -0.25) is 4.90 Å². The van der Waals surface area contributed by atoms with Gasteiger partial charge in [0.25, 0.3) is 0 Å². The summed E-state index contributed by atoms with van der Waals surface area (Å²) in [6, 6.07) is 7.24. The van der Waals surface area contributed by atoms with Crippen molar-refractivity contribution >= 4 is 5.69 Å². The van der Waals surface area contributed by atoms with E-state index in [0.29, 0.717) is 6.04 Å². The molecular formula is C14H21N3. The highest BCUT2D eigenvalue weighted by Gasteiger charge is 2.19. The van der Waals surface area contributed by atoms with Gasteiger partial charge in [-0.15, -0.1) is 0 Å². The molecule has 1 aromatic rings. The van der Waals surface area contributed by atoms with Crippen molar-refractivity contribution in [3.8, 4) is 0 Å². The molecule has 2 aliphatic rings. The number of nitrogens with one attached hydrogen (secondary N) is 1. The van der Waals surface area contributed by atoms with E-state index in [0.717, 1.165) is 32.6 Å². The van der Waals surface area contributed by atoms with Gasteiger partial charge in [0, 0.05) is 37.9 Å². The highest BCUT2D eigenvalue weighted by atomic mass is 15.2. The second kappa shape index (κ2) is 4.67. The van der Waals surface area contributed by atoms with Crippen molar-refractivity contribution in [3.63, 3.8) is 0 Å². The summed E-state index contributed by atoms with van der Waals surface area (Å²) in [5.41, 5.74) is 10.2. The number of benzene rings is 1. The molecule has 1 atom stereocenters. The fourth-order valence-electron chi connectivity index (χ4n) is 2.89. The van der Waals surface area contributed by atoms with Crippen LogP contribution in [0.15, 0.2) is 18.2 Å². The van der Waals surface area contributed by atoms with Gasteiger partial charge in [-0.05, 0) is 36.5 Å². The molecule has 0 radical (unpaired) electrons. The smallest absolute Gasteiger partial charge is 0.0372 e. The van der Waals surface area contributed by atoms with Gasteiger partial charge in [0.15, 0.2) is 0 Å². The Morgan fingerprint density at radius 2 is 2.35 bits per heavy atom. The van der Waals surface area contributed by atoms with E-state index in [1.807, 2.05) is 0 Å². The van der Waals surface area contributed by atoms with E-state index < -0.39 is 0 Å². The number of hydrogen-bond donors (Lipinski definition) is 2. The molecule has 2 heterocycles. The Hall–Kier alpha value is -1.06. The first kappa shape index (κ1) is 11.1. The largest absolute Gasteiger partial charge is 0.385 e. The number of nitrogens with zero attached hydrogens (tertiary/aromatic N) is 1. The van der Waals surface area contributed by atoms with Crippen LogP contribution in [0.5, 0.6) is 0 Å². The molecule has 0 bridgehead atoms. The first-order valence-electron chi connectivity index (χ1n) is 6.65. The van der Waals surface area contributed by atoms with Gasteiger partial charge in [-0.2, -0.15) is 0 Å². The molecule has 3 rings (SSSR count). The molecule has 0 amide bonds. The summed E-state index contributed by atoms with van der Waals surface area (Å²) >= 11 is 0. The fourth-order valence-corrected chi connectivity index (χ4v) is 2.89. The van der Waals surface area contributed by atoms with Crippen molar-refractivity contribution in [2.45, 2.75) is 31.8 Å². The summed E-state index contributed by atoms with van der Waals surface area (Å²) in [4.78, 5) is 2.46. The lowest BCUT2D eigenvalue weighted by molar-refractivity contribution is 0.327. The minimum atomic E-state index is 0.384. The SMILES string of the molecule is NC1CCN(Cc2ccc3c(c2)CCCN3)C1. The first-order chi connectivity index (χ1) is 8.31. The third-order valence-corrected chi connectivity index (χ3v) is 3.82. The molecule has 0 aliphatic carbocycles. The van der Waals surface area contributed by atoms with Gasteiger partial charge in [-0.25, -0.2) is 0 Å². The monoisotopic (exact) mass is 231 g/mol. The van der Waals surface area contributed by atoms with Crippen LogP contribution in [0.25, 0.3) is 0 Å². The van der Waals surface area contributed by atoms with Gasteiger partial charge in [-0.1, -0.05) is 12.1 Å². The van der Waals surface area contributed by atoms with E-state index >= 15 is 0 Å². The Morgan fingerprint density at radius 1 is 1.41 bits per heavy atom. The maximum absolute atomic E-state index is 5.94. The van der Waals surface area contributed by atoms with Crippen molar-refractivity contribution < 1.29 is 0 Å². The molecule has 17 heavy (non-hydrogen) atoms. The molecule has 0 saturated carbocycles. The van der Waals surface area contributed by atoms with Crippen LogP contribution in [0, 0.1) is 0 Å². The number of fused-ring (bicyclic) bond motifs is 1. The summed E-state index contributed by atoms with van der Waals surface area (Å²) in [6.07, 6.45) is 3.62. The lowest BCUT2D eigenvalue weighted by atomic mass is 10.0. The van der Waals surface area contributed by atoms with Crippen molar-refractivity contribution in [1.29, 1.82) is 0 Å². The van der Waals surface area contributed by atoms with Crippen molar-refractivity contribution in [1.82, 2.24) is 4.90 Å². The third-order valence-electron chi connectivity index (χ3n) is 3.82. The van der Waals surface area contributed by atoms with Crippen molar-refractivity contribution in [3.05, 3.63) is 29.3 Å². The highest BCUT2D eigenvalue weighted by Crippen LogP contribution is 2.24. The molecule has 92 valence electrons. The lowest BCUT2D eigenvalue weighted by Crippen LogP contribution is -2.26. The van der Waals surface area contributed by atoms with Crippen LogP contribution in [-0.2, 0) is 13.0 Å². The molecule has 0 spiro atoms. The van der Waals surface area contributed by atoms with Gasteiger partial charge in [0.05, 0.1) is 0 Å². The molecule has 1 fully saturated rings. The Morgan fingerprint density at radius 3 is 3.18 bits per heavy atom. The Balaban J connectivity index is 1.71. The van der Waals surface area contributed by atoms with E-state index in [1.54, 1.807) is 0 Å². The van der Waals surface area contributed by atoms with Crippen molar-refractivity contribution in [2.24, 2.45) is 5.73 Å². The fraction of sp³-hybridized carbons (Fsp3) is 0.571. The summed E-state index contributed by atoms with van der Waals surface area (Å²) in [5, 5.41) is 3.46. The average Bonchev–Trinajstić information content (AvgIpc) is 2.75. The third kappa shape index (κ3) is 2.45. The van der Waals surface area contributed by atoms with Crippen LogP contribution >= 0.6 is 0 Å². The van der Waals surface area contributed by atoms with Crippen LogP contribution in [0.3, 0.4) is 0 Å². The molecule has 3 N–H and O–H groups in total. The Labute approximate surface area is 103 Å². The standard InChI is InChI=1S/C14H21N3/c15-13-5-7-17(10-13)9-11-3-4-14-12(8-11)2-1-6-16-14/h3-4,8,13,16H,1-2,5-7,9-10,15H2. The second-order valence-electron chi connectivity index (χ2n) is 5.31. The molecular weight excluding hydrogens is 210 g/mol. The number of aryl methyl sites for hydroxylation is 1. The predicted octanol–water partition coefficient (Wildman–Crippen LogP) is 1.58. The Kier molecular flexibility index (Phi) is 3.04. The van der Waals surface area contributed by atoms with Crippen LogP contribution in [0.1, 0.15) is 24.0 Å². The minimum absolute atomic E-state index is 0.384. The van der Waals surface area contributed by atoms with E-state index in [-0.39, 0.29) is 0 Å². The summed E-state index contributed by atoms with van der Waals surface area (Å²) in [7, 11) is 0. The van der Waals surface area contributed by atoms with Crippen LogP contribution in [-0.4, -0.2) is 30.6 Å². The molecule has 1 saturated heterocycles. The summed E-state index contributed by atoms with van der Waals surface area (Å²) in [6.45, 7) is 4.38. The zero-order chi connectivity index (χ0) is 11.7. The van der Waals surface area contributed by atoms with Crippen LogP contribution in [0.4, 0.5) is 5.69 Å². The normalized spacial score (nSPS) is 24.4. The van der Waals surface area contributed by atoms with Gasteiger partial charge < -0.3 is 11.1 Å². The highest BCUT2D eigenvalue weighted by molar-refractivity contribution is 5.54. The maximum Gasteiger partial charge on any atom is 0.0372 e. The van der Waals surface area contributed by atoms with Crippen LogP contribution < -0.4 is 11.1 Å². The number of anilines is 1. The zero-order valence-electron chi connectivity index (χ0n) is 10.3. The van der Waals surface area contributed by atoms with Gasteiger partial charge >= 0.3 is 0 Å². The second-order valence-corrected chi connectivity index (χ2v) is 5.31. The number of hydrogen-bond acceptors (Lipinski definition) is 3. The van der Waals surface area contributed by atoms with E-state index in [1.165, 1.54) is 29.7 Å². The minimum Gasteiger partial charge on any atom is -0.385 e. The Bertz CT molecular complexity index is 402. The predicted molar refractivity (Wildman–Crippen MR) is 71.1 cm³/mol. The maximum atomic E-state index is 5.94. The number of nitrogens with two attached hydrogens (primary N) is 1. The molecule has 3 nitrogen and oxygen atoms in total. The molecule has 3 heteroatoms. The zero-order valence-corrected chi connectivity index (χ0v) is 10.3. The van der Waals surface area contributed by atoms with Gasteiger partial charge in [0.2, 0.25) is 0 Å². The molecule has 1 aromatic carbocycles. The van der Waals surface area contributed by atoms with Gasteiger partial charge in [0.1, 0.15) is 0 Å². The molecule has 1 unspecified atom stereocenters. The van der Waals surface area contributed by atoms with Crippen LogP contribution in [0.2, 0.25) is 0 Å². The van der Waals surface area contributed by atoms with E-state index in [4.69, 9.17) is 5.73 Å². The lowest BCUT2D eigenvalue weighted by Gasteiger charge is -2.20.